The largest absolute Gasteiger partial charge is 0.466 e. The SMILES string of the molecule is CCCCC/C=C/CCCOC(=O)CCCCCCCCC(=O)OCCCCCCCC. The summed E-state index contributed by atoms with van der Waals surface area (Å²) in [4.78, 5) is 23.5. The Morgan fingerprint density at radius 2 is 0.906 bits per heavy atom. The third-order valence-electron chi connectivity index (χ3n) is 5.69. The number of carbonyl (C=O) groups excluding carboxylic acids is 2. The second kappa shape index (κ2) is 25.9. The monoisotopic (exact) mass is 452 g/mol. The fraction of sp³-hybridized carbons (Fsp3) is 0.857. The van der Waals surface area contributed by atoms with Crippen molar-refractivity contribution in [2.45, 2.75) is 142 Å². The maximum Gasteiger partial charge on any atom is 0.305 e. The van der Waals surface area contributed by atoms with E-state index in [2.05, 4.69) is 26.0 Å². The lowest BCUT2D eigenvalue weighted by Crippen LogP contribution is -2.05. The van der Waals surface area contributed by atoms with Crippen LogP contribution in [0.4, 0.5) is 0 Å². The maximum absolute atomic E-state index is 11.7. The summed E-state index contributed by atoms with van der Waals surface area (Å²) < 4.78 is 10.6. The average molecular weight is 453 g/mol. The molecule has 0 aromatic rings. The number of rotatable bonds is 24. The number of ether oxygens (including phenoxy) is 2. The molecule has 0 bridgehead atoms. The summed E-state index contributed by atoms with van der Waals surface area (Å²) in [7, 11) is 0. The highest BCUT2D eigenvalue weighted by Crippen LogP contribution is 2.10. The summed E-state index contributed by atoms with van der Waals surface area (Å²) in [6.45, 7) is 5.55. The molecule has 0 radical (unpaired) electrons. The van der Waals surface area contributed by atoms with Gasteiger partial charge < -0.3 is 9.47 Å². The van der Waals surface area contributed by atoms with Crippen LogP contribution >= 0.6 is 0 Å². The number of esters is 2. The number of hydrogen-bond acceptors (Lipinski definition) is 4. The molecule has 0 rings (SSSR count). The predicted octanol–water partition coefficient (Wildman–Crippen LogP) is 8.47. The minimum Gasteiger partial charge on any atom is -0.466 e. The standard InChI is InChI=1S/C28H52O4/c1-3-5-7-9-11-14-18-22-26-32-28(30)24-20-16-13-12-15-19-23-27(29)31-25-21-17-10-8-6-4-2/h11,14H,3-10,12-13,15-26H2,1-2H3/b14-11+. The number of hydrogen-bond donors (Lipinski definition) is 0. The lowest BCUT2D eigenvalue weighted by molar-refractivity contribution is -0.144. The van der Waals surface area contributed by atoms with Crippen molar-refractivity contribution in [1.82, 2.24) is 0 Å². The first-order valence-electron chi connectivity index (χ1n) is 13.7. The molecule has 0 spiro atoms. The van der Waals surface area contributed by atoms with E-state index in [-0.39, 0.29) is 11.9 Å². The molecule has 0 aliphatic carbocycles. The summed E-state index contributed by atoms with van der Waals surface area (Å²) in [5, 5.41) is 0. The van der Waals surface area contributed by atoms with Gasteiger partial charge in [-0.3, -0.25) is 9.59 Å². The van der Waals surface area contributed by atoms with Crippen LogP contribution in [0, 0.1) is 0 Å². The van der Waals surface area contributed by atoms with Gasteiger partial charge in [0.25, 0.3) is 0 Å². The van der Waals surface area contributed by atoms with Crippen molar-refractivity contribution in [2.24, 2.45) is 0 Å². The Hall–Kier alpha value is -1.32. The van der Waals surface area contributed by atoms with Gasteiger partial charge in [-0.05, 0) is 44.9 Å². The Morgan fingerprint density at radius 1 is 0.500 bits per heavy atom. The Bertz CT molecular complexity index is 445. The molecule has 0 aromatic heterocycles. The highest BCUT2D eigenvalue weighted by Gasteiger charge is 2.04. The van der Waals surface area contributed by atoms with Crippen LogP contribution in [0.25, 0.3) is 0 Å². The predicted molar refractivity (Wildman–Crippen MR) is 135 cm³/mol. The molecule has 0 fully saturated rings. The third-order valence-corrected chi connectivity index (χ3v) is 5.69. The molecule has 0 atom stereocenters. The summed E-state index contributed by atoms with van der Waals surface area (Å²) >= 11 is 0. The molecule has 0 saturated heterocycles. The van der Waals surface area contributed by atoms with Crippen molar-refractivity contribution >= 4 is 11.9 Å². The van der Waals surface area contributed by atoms with Gasteiger partial charge in [0.15, 0.2) is 0 Å². The van der Waals surface area contributed by atoms with Crippen molar-refractivity contribution in [3.8, 4) is 0 Å². The van der Waals surface area contributed by atoms with Crippen LogP contribution in [0.3, 0.4) is 0 Å². The number of allylic oxidation sites excluding steroid dienone is 2. The maximum atomic E-state index is 11.7. The first kappa shape index (κ1) is 30.7. The van der Waals surface area contributed by atoms with Crippen LogP contribution in [0.2, 0.25) is 0 Å². The second-order valence-corrected chi connectivity index (χ2v) is 8.94. The molecule has 0 unspecified atom stereocenters. The van der Waals surface area contributed by atoms with Crippen molar-refractivity contribution < 1.29 is 19.1 Å². The van der Waals surface area contributed by atoms with Crippen LogP contribution in [-0.2, 0) is 19.1 Å². The van der Waals surface area contributed by atoms with E-state index in [4.69, 9.17) is 9.47 Å². The van der Waals surface area contributed by atoms with Gasteiger partial charge in [0.1, 0.15) is 0 Å². The van der Waals surface area contributed by atoms with Crippen LogP contribution < -0.4 is 0 Å². The minimum atomic E-state index is -0.0648. The molecule has 0 N–H and O–H groups in total. The zero-order valence-corrected chi connectivity index (χ0v) is 21.3. The van der Waals surface area contributed by atoms with Gasteiger partial charge in [-0.1, -0.05) is 96.6 Å². The molecule has 0 heterocycles. The Balaban J connectivity index is 3.30. The Labute approximate surface area is 198 Å². The van der Waals surface area contributed by atoms with E-state index in [1.807, 2.05) is 0 Å². The molecule has 32 heavy (non-hydrogen) atoms. The lowest BCUT2D eigenvalue weighted by atomic mass is 10.1. The van der Waals surface area contributed by atoms with E-state index in [1.54, 1.807) is 0 Å². The van der Waals surface area contributed by atoms with E-state index in [0.29, 0.717) is 26.1 Å². The fourth-order valence-electron chi connectivity index (χ4n) is 3.59. The van der Waals surface area contributed by atoms with E-state index in [0.717, 1.165) is 70.6 Å². The van der Waals surface area contributed by atoms with Crippen molar-refractivity contribution in [3.63, 3.8) is 0 Å². The van der Waals surface area contributed by atoms with Crippen LogP contribution in [-0.4, -0.2) is 25.2 Å². The molecular weight excluding hydrogens is 400 g/mol. The summed E-state index contributed by atoms with van der Waals surface area (Å²) in [6, 6.07) is 0. The summed E-state index contributed by atoms with van der Waals surface area (Å²) in [5.74, 6) is -0.113. The van der Waals surface area contributed by atoms with Crippen LogP contribution in [0.15, 0.2) is 12.2 Å². The fourth-order valence-corrected chi connectivity index (χ4v) is 3.59. The zero-order valence-electron chi connectivity index (χ0n) is 21.3. The summed E-state index contributed by atoms with van der Waals surface area (Å²) in [6.07, 6.45) is 25.8. The van der Waals surface area contributed by atoms with E-state index in [1.165, 1.54) is 44.9 Å². The van der Waals surface area contributed by atoms with Crippen molar-refractivity contribution in [2.75, 3.05) is 13.2 Å². The molecule has 4 nitrogen and oxygen atoms in total. The molecule has 4 heteroatoms. The first-order valence-corrected chi connectivity index (χ1v) is 13.7. The van der Waals surface area contributed by atoms with Gasteiger partial charge >= 0.3 is 11.9 Å². The third kappa shape index (κ3) is 24.9. The topological polar surface area (TPSA) is 52.6 Å². The average Bonchev–Trinajstić information content (AvgIpc) is 2.79. The quantitative estimate of drug-likeness (QED) is 0.0837. The Kier molecular flexibility index (Phi) is 24.9. The zero-order chi connectivity index (χ0) is 23.5. The summed E-state index contributed by atoms with van der Waals surface area (Å²) in [5.41, 5.74) is 0. The van der Waals surface area contributed by atoms with E-state index >= 15 is 0 Å². The van der Waals surface area contributed by atoms with Gasteiger partial charge in [-0.25, -0.2) is 0 Å². The van der Waals surface area contributed by atoms with Crippen molar-refractivity contribution in [3.05, 3.63) is 12.2 Å². The highest BCUT2D eigenvalue weighted by molar-refractivity contribution is 5.69. The van der Waals surface area contributed by atoms with E-state index < -0.39 is 0 Å². The van der Waals surface area contributed by atoms with Gasteiger partial charge in [0.2, 0.25) is 0 Å². The van der Waals surface area contributed by atoms with Crippen LogP contribution in [0.1, 0.15) is 142 Å². The Morgan fingerprint density at radius 3 is 1.47 bits per heavy atom. The smallest absolute Gasteiger partial charge is 0.305 e. The number of carbonyl (C=O) groups is 2. The molecule has 0 aromatic carbocycles. The number of unbranched alkanes of at least 4 members (excludes halogenated alkanes) is 14. The minimum absolute atomic E-state index is 0.0479. The molecule has 0 saturated carbocycles. The van der Waals surface area contributed by atoms with Gasteiger partial charge in [-0.15, -0.1) is 0 Å². The molecule has 188 valence electrons. The van der Waals surface area contributed by atoms with Gasteiger partial charge in [0.05, 0.1) is 13.2 Å². The van der Waals surface area contributed by atoms with Gasteiger partial charge in [-0.2, -0.15) is 0 Å². The lowest BCUT2D eigenvalue weighted by Gasteiger charge is -2.05. The molecule has 0 aliphatic rings. The van der Waals surface area contributed by atoms with Crippen molar-refractivity contribution in [1.29, 1.82) is 0 Å². The molecular formula is C28H52O4. The van der Waals surface area contributed by atoms with E-state index in [9.17, 15) is 9.59 Å². The van der Waals surface area contributed by atoms with Crippen LogP contribution in [0.5, 0.6) is 0 Å². The highest BCUT2D eigenvalue weighted by atomic mass is 16.5. The van der Waals surface area contributed by atoms with Gasteiger partial charge in [0, 0.05) is 12.8 Å². The molecule has 0 amide bonds. The normalized spacial score (nSPS) is 11.2. The second-order valence-electron chi connectivity index (χ2n) is 8.94. The molecule has 0 aliphatic heterocycles. The first-order chi connectivity index (χ1) is 15.7.